The van der Waals surface area contributed by atoms with Crippen molar-refractivity contribution in [3.8, 4) is 0 Å². The molecule has 0 aliphatic carbocycles. The zero-order valence-electron chi connectivity index (χ0n) is 7.33. The summed E-state index contributed by atoms with van der Waals surface area (Å²) in [6, 6.07) is 10.2. The highest BCUT2D eigenvalue weighted by Crippen LogP contribution is 2.17. The molecule has 2 rings (SSSR count). The maximum absolute atomic E-state index is 5.86. The van der Waals surface area contributed by atoms with E-state index in [0.717, 1.165) is 12.2 Å². The first kappa shape index (κ1) is 7.92. The summed E-state index contributed by atoms with van der Waals surface area (Å²) in [4.78, 5) is 0. The van der Waals surface area contributed by atoms with E-state index in [1.54, 1.807) is 0 Å². The standard InChI is InChI=1S/C11H12N2/c12-11-6-7-13-8-10(11)9-4-2-1-3-5-9/h1-7,13H,8,12H2. The molecule has 2 nitrogen and oxygen atoms in total. The van der Waals surface area contributed by atoms with Crippen molar-refractivity contribution in [3.63, 3.8) is 0 Å². The van der Waals surface area contributed by atoms with Crippen LogP contribution < -0.4 is 11.1 Å². The summed E-state index contributed by atoms with van der Waals surface area (Å²) in [5, 5.41) is 3.15. The number of nitrogens with one attached hydrogen (secondary N) is 1. The highest BCUT2D eigenvalue weighted by atomic mass is 14.8. The molecule has 1 aliphatic heterocycles. The summed E-state index contributed by atoms with van der Waals surface area (Å²) < 4.78 is 0. The second-order valence-electron chi connectivity index (χ2n) is 3.01. The van der Waals surface area contributed by atoms with Crippen LogP contribution in [-0.2, 0) is 0 Å². The van der Waals surface area contributed by atoms with Crippen molar-refractivity contribution >= 4 is 5.57 Å². The molecular weight excluding hydrogens is 160 g/mol. The molecule has 66 valence electrons. The average Bonchev–Trinajstić information content (AvgIpc) is 2.20. The number of dihydropyridines is 1. The Morgan fingerprint density at radius 3 is 2.62 bits per heavy atom. The van der Waals surface area contributed by atoms with Crippen LogP contribution in [0.15, 0.2) is 48.3 Å². The first-order chi connectivity index (χ1) is 6.38. The number of hydrogen-bond acceptors (Lipinski definition) is 2. The molecule has 1 aliphatic rings. The smallest absolute Gasteiger partial charge is 0.0421 e. The second kappa shape index (κ2) is 3.35. The van der Waals surface area contributed by atoms with E-state index in [9.17, 15) is 0 Å². The third-order valence-corrected chi connectivity index (χ3v) is 2.13. The van der Waals surface area contributed by atoms with Crippen molar-refractivity contribution in [2.45, 2.75) is 0 Å². The Hall–Kier alpha value is -1.70. The van der Waals surface area contributed by atoms with Gasteiger partial charge in [-0.1, -0.05) is 30.3 Å². The van der Waals surface area contributed by atoms with Crippen LogP contribution in [0.1, 0.15) is 5.56 Å². The lowest BCUT2D eigenvalue weighted by Gasteiger charge is -2.14. The fraction of sp³-hybridized carbons (Fsp3) is 0.0909. The van der Waals surface area contributed by atoms with Crippen LogP contribution in [0.3, 0.4) is 0 Å². The first-order valence-corrected chi connectivity index (χ1v) is 4.32. The van der Waals surface area contributed by atoms with Crippen molar-refractivity contribution < 1.29 is 0 Å². The predicted molar refractivity (Wildman–Crippen MR) is 54.7 cm³/mol. The van der Waals surface area contributed by atoms with Gasteiger partial charge in [-0.3, -0.25) is 0 Å². The summed E-state index contributed by atoms with van der Waals surface area (Å²) in [6.07, 6.45) is 3.77. The van der Waals surface area contributed by atoms with Crippen LogP contribution in [0.4, 0.5) is 0 Å². The van der Waals surface area contributed by atoms with Gasteiger partial charge in [0.05, 0.1) is 0 Å². The molecule has 0 radical (unpaired) electrons. The highest BCUT2D eigenvalue weighted by Gasteiger charge is 2.06. The van der Waals surface area contributed by atoms with Crippen LogP contribution >= 0.6 is 0 Å². The van der Waals surface area contributed by atoms with Gasteiger partial charge in [-0.25, -0.2) is 0 Å². The molecule has 0 saturated heterocycles. The number of rotatable bonds is 1. The molecule has 0 fully saturated rings. The molecule has 0 unspecified atom stereocenters. The van der Waals surface area contributed by atoms with E-state index in [2.05, 4.69) is 17.4 Å². The van der Waals surface area contributed by atoms with E-state index in [1.165, 1.54) is 11.1 Å². The minimum Gasteiger partial charge on any atom is -0.398 e. The van der Waals surface area contributed by atoms with Crippen molar-refractivity contribution in [2.24, 2.45) is 5.73 Å². The quantitative estimate of drug-likeness (QED) is 0.673. The normalized spacial score (nSPS) is 15.7. The Kier molecular flexibility index (Phi) is 2.04. The Balaban J connectivity index is 2.41. The SMILES string of the molecule is NC1=C(c2ccccc2)CNC=C1. The first-order valence-electron chi connectivity index (χ1n) is 4.32. The van der Waals surface area contributed by atoms with E-state index >= 15 is 0 Å². The van der Waals surface area contributed by atoms with Crippen molar-refractivity contribution in [1.82, 2.24) is 5.32 Å². The van der Waals surface area contributed by atoms with Crippen LogP contribution in [0.25, 0.3) is 5.57 Å². The molecular formula is C11H12N2. The molecule has 0 spiro atoms. The van der Waals surface area contributed by atoms with Gasteiger partial charge in [-0.2, -0.15) is 0 Å². The highest BCUT2D eigenvalue weighted by molar-refractivity contribution is 5.72. The third-order valence-electron chi connectivity index (χ3n) is 2.13. The molecule has 0 amide bonds. The van der Waals surface area contributed by atoms with Crippen LogP contribution in [0.2, 0.25) is 0 Å². The molecule has 1 aromatic rings. The van der Waals surface area contributed by atoms with Gasteiger partial charge in [0, 0.05) is 17.8 Å². The molecule has 0 bridgehead atoms. The summed E-state index contributed by atoms with van der Waals surface area (Å²) in [5.41, 5.74) is 9.08. The topological polar surface area (TPSA) is 38.0 Å². The Morgan fingerprint density at radius 2 is 1.92 bits per heavy atom. The molecule has 0 atom stereocenters. The van der Waals surface area contributed by atoms with Crippen LogP contribution in [0.5, 0.6) is 0 Å². The maximum atomic E-state index is 5.86. The second-order valence-corrected chi connectivity index (χ2v) is 3.01. The fourth-order valence-corrected chi connectivity index (χ4v) is 1.42. The molecule has 2 heteroatoms. The lowest BCUT2D eigenvalue weighted by molar-refractivity contribution is 0.970. The summed E-state index contributed by atoms with van der Waals surface area (Å²) in [7, 11) is 0. The fourth-order valence-electron chi connectivity index (χ4n) is 1.42. The van der Waals surface area contributed by atoms with E-state index < -0.39 is 0 Å². The van der Waals surface area contributed by atoms with Gasteiger partial charge in [0.2, 0.25) is 0 Å². The van der Waals surface area contributed by atoms with E-state index in [1.807, 2.05) is 30.5 Å². The van der Waals surface area contributed by atoms with Crippen molar-refractivity contribution in [1.29, 1.82) is 0 Å². The summed E-state index contributed by atoms with van der Waals surface area (Å²) >= 11 is 0. The van der Waals surface area contributed by atoms with Gasteiger partial charge in [-0.15, -0.1) is 0 Å². The summed E-state index contributed by atoms with van der Waals surface area (Å²) in [6.45, 7) is 0.812. The number of benzene rings is 1. The van der Waals surface area contributed by atoms with Gasteiger partial charge >= 0.3 is 0 Å². The lowest BCUT2D eigenvalue weighted by atomic mass is 10.0. The van der Waals surface area contributed by atoms with Crippen molar-refractivity contribution in [3.05, 3.63) is 53.9 Å². The minimum absolute atomic E-state index is 0.812. The van der Waals surface area contributed by atoms with Crippen LogP contribution in [-0.4, -0.2) is 6.54 Å². The summed E-state index contributed by atoms with van der Waals surface area (Å²) in [5.74, 6) is 0. The van der Waals surface area contributed by atoms with Gasteiger partial charge in [0.25, 0.3) is 0 Å². The van der Waals surface area contributed by atoms with Crippen molar-refractivity contribution in [2.75, 3.05) is 6.54 Å². The minimum atomic E-state index is 0.812. The van der Waals surface area contributed by atoms with Crippen LogP contribution in [0, 0.1) is 0 Å². The zero-order valence-corrected chi connectivity index (χ0v) is 7.33. The number of hydrogen-bond donors (Lipinski definition) is 2. The predicted octanol–water partition coefficient (Wildman–Crippen LogP) is 1.47. The van der Waals surface area contributed by atoms with E-state index in [0.29, 0.717) is 0 Å². The molecule has 0 saturated carbocycles. The van der Waals surface area contributed by atoms with E-state index in [-0.39, 0.29) is 0 Å². The molecule has 1 aromatic carbocycles. The zero-order chi connectivity index (χ0) is 9.10. The Labute approximate surface area is 77.8 Å². The average molecular weight is 172 g/mol. The lowest BCUT2D eigenvalue weighted by Crippen LogP contribution is -2.17. The van der Waals surface area contributed by atoms with Gasteiger partial charge in [0.1, 0.15) is 0 Å². The number of nitrogens with two attached hydrogens (primary N) is 1. The van der Waals surface area contributed by atoms with Gasteiger partial charge in [-0.05, 0) is 17.8 Å². The number of allylic oxidation sites excluding steroid dienone is 1. The Bertz CT molecular complexity index is 350. The van der Waals surface area contributed by atoms with Gasteiger partial charge in [0.15, 0.2) is 0 Å². The monoisotopic (exact) mass is 172 g/mol. The van der Waals surface area contributed by atoms with Gasteiger partial charge < -0.3 is 11.1 Å². The molecule has 13 heavy (non-hydrogen) atoms. The third kappa shape index (κ3) is 1.56. The molecule has 3 N–H and O–H groups in total. The Morgan fingerprint density at radius 1 is 1.15 bits per heavy atom. The molecule has 0 aromatic heterocycles. The van der Waals surface area contributed by atoms with E-state index in [4.69, 9.17) is 5.73 Å². The largest absolute Gasteiger partial charge is 0.398 e. The molecule has 1 heterocycles. The maximum Gasteiger partial charge on any atom is 0.0421 e.